The van der Waals surface area contributed by atoms with Crippen molar-refractivity contribution < 1.29 is 9.53 Å². The summed E-state index contributed by atoms with van der Waals surface area (Å²) in [6.07, 6.45) is 7.86. The maximum Gasteiger partial charge on any atom is 0.135 e. The average Bonchev–Trinajstić information content (AvgIpc) is 2.23. The SMILES string of the molecule is O=C1CCCCC1CC1CCOCC1. The number of hydrogen-bond donors (Lipinski definition) is 0. The minimum atomic E-state index is 0.395. The van der Waals surface area contributed by atoms with Crippen LogP contribution in [0.5, 0.6) is 0 Å². The van der Waals surface area contributed by atoms with Crippen molar-refractivity contribution in [2.24, 2.45) is 11.8 Å². The van der Waals surface area contributed by atoms with E-state index in [4.69, 9.17) is 4.74 Å². The molecular weight excluding hydrogens is 176 g/mol. The van der Waals surface area contributed by atoms with E-state index in [9.17, 15) is 4.79 Å². The Bertz CT molecular complexity index is 194. The molecule has 0 aromatic carbocycles. The molecule has 14 heavy (non-hydrogen) atoms. The maximum atomic E-state index is 11.6. The normalized spacial score (nSPS) is 30.6. The third-order valence-corrected chi connectivity index (χ3v) is 3.64. The number of ether oxygens (including phenoxy) is 1. The van der Waals surface area contributed by atoms with Gasteiger partial charge in [0.1, 0.15) is 5.78 Å². The number of ketones is 1. The second kappa shape index (κ2) is 4.92. The summed E-state index contributed by atoms with van der Waals surface area (Å²) in [6.45, 7) is 1.82. The second-order valence-corrected chi connectivity index (χ2v) is 4.70. The summed E-state index contributed by atoms with van der Waals surface area (Å²) < 4.78 is 5.33. The van der Waals surface area contributed by atoms with Crippen molar-refractivity contribution in [2.75, 3.05) is 13.2 Å². The molecule has 2 fully saturated rings. The maximum absolute atomic E-state index is 11.6. The summed E-state index contributed by atoms with van der Waals surface area (Å²) in [5.74, 6) is 1.69. The highest BCUT2D eigenvalue weighted by Crippen LogP contribution is 2.30. The van der Waals surface area contributed by atoms with Crippen LogP contribution in [0, 0.1) is 11.8 Å². The van der Waals surface area contributed by atoms with Gasteiger partial charge in [-0.25, -0.2) is 0 Å². The van der Waals surface area contributed by atoms with E-state index >= 15 is 0 Å². The summed E-state index contributed by atoms with van der Waals surface area (Å²) in [5, 5.41) is 0. The van der Waals surface area contributed by atoms with Gasteiger partial charge in [0.25, 0.3) is 0 Å². The van der Waals surface area contributed by atoms with E-state index < -0.39 is 0 Å². The Kier molecular flexibility index (Phi) is 3.57. The summed E-state index contributed by atoms with van der Waals surface area (Å²) in [7, 11) is 0. The topological polar surface area (TPSA) is 26.3 Å². The minimum Gasteiger partial charge on any atom is -0.381 e. The third kappa shape index (κ3) is 2.57. The van der Waals surface area contributed by atoms with Crippen molar-refractivity contribution in [2.45, 2.75) is 44.9 Å². The Morgan fingerprint density at radius 2 is 1.93 bits per heavy atom. The molecular formula is C12H20O2. The molecule has 0 aromatic rings. The van der Waals surface area contributed by atoms with E-state index in [0.29, 0.717) is 11.7 Å². The van der Waals surface area contributed by atoms with E-state index in [1.807, 2.05) is 0 Å². The fraction of sp³-hybridized carbons (Fsp3) is 0.917. The molecule has 1 aliphatic heterocycles. The van der Waals surface area contributed by atoms with Crippen LogP contribution in [0.2, 0.25) is 0 Å². The molecule has 0 amide bonds. The number of hydrogen-bond acceptors (Lipinski definition) is 2. The van der Waals surface area contributed by atoms with Crippen molar-refractivity contribution in [1.82, 2.24) is 0 Å². The van der Waals surface area contributed by atoms with E-state index in [2.05, 4.69) is 0 Å². The van der Waals surface area contributed by atoms with Gasteiger partial charge in [-0.3, -0.25) is 4.79 Å². The first-order valence-electron chi connectivity index (χ1n) is 5.96. The van der Waals surface area contributed by atoms with E-state index in [1.165, 1.54) is 19.3 Å². The summed E-state index contributed by atoms with van der Waals surface area (Å²) in [6, 6.07) is 0. The predicted octanol–water partition coefficient (Wildman–Crippen LogP) is 2.56. The summed E-state index contributed by atoms with van der Waals surface area (Å²) in [4.78, 5) is 11.6. The fourth-order valence-electron chi connectivity index (χ4n) is 2.69. The Balaban J connectivity index is 1.79. The zero-order valence-corrected chi connectivity index (χ0v) is 8.84. The minimum absolute atomic E-state index is 0.395. The van der Waals surface area contributed by atoms with Crippen LogP contribution in [0.3, 0.4) is 0 Å². The summed E-state index contributed by atoms with van der Waals surface area (Å²) in [5.41, 5.74) is 0. The summed E-state index contributed by atoms with van der Waals surface area (Å²) >= 11 is 0. The van der Waals surface area contributed by atoms with Gasteiger partial charge in [-0.15, -0.1) is 0 Å². The van der Waals surface area contributed by atoms with Crippen LogP contribution in [-0.4, -0.2) is 19.0 Å². The molecule has 0 aromatic heterocycles. The lowest BCUT2D eigenvalue weighted by Crippen LogP contribution is -2.25. The molecule has 1 aliphatic carbocycles. The van der Waals surface area contributed by atoms with Crippen molar-refractivity contribution >= 4 is 5.78 Å². The highest BCUT2D eigenvalue weighted by atomic mass is 16.5. The van der Waals surface area contributed by atoms with Crippen LogP contribution in [0.25, 0.3) is 0 Å². The Hall–Kier alpha value is -0.370. The van der Waals surface area contributed by atoms with Gasteiger partial charge in [0.15, 0.2) is 0 Å². The van der Waals surface area contributed by atoms with E-state index in [0.717, 1.165) is 44.8 Å². The molecule has 1 heterocycles. The lowest BCUT2D eigenvalue weighted by molar-refractivity contribution is -0.125. The van der Waals surface area contributed by atoms with Gasteiger partial charge in [0.05, 0.1) is 0 Å². The highest BCUT2D eigenvalue weighted by molar-refractivity contribution is 5.81. The highest BCUT2D eigenvalue weighted by Gasteiger charge is 2.26. The lowest BCUT2D eigenvalue weighted by atomic mass is 9.80. The smallest absolute Gasteiger partial charge is 0.135 e. The largest absolute Gasteiger partial charge is 0.381 e. The van der Waals surface area contributed by atoms with Crippen LogP contribution in [-0.2, 0) is 9.53 Å². The van der Waals surface area contributed by atoms with Crippen LogP contribution in [0.15, 0.2) is 0 Å². The van der Waals surface area contributed by atoms with Gasteiger partial charge >= 0.3 is 0 Å². The van der Waals surface area contributed by atoms with Crippen molar-refractivity contribution in [1.29, 1.82) is 0 Å². The van der Waals surface area contributed by atoms with Crippen LogP contribution in [0.1, 0.15) is 44.9 Å². The Morgan fingerprint density at radius 3 is 2.64 bits per heavy atom. The molecule has 2 rings (SSSR count). The van der Waals surface area contributed by atoms with E-state index in [1.54, 1.807) is 0 Å². The molecule has 2 aliphatic rings. The molecule has 1 saturated heterocycles. The molecule has 0 N–H and O–H groups in total. The molecule has 1 atom stereocenters. The molecule has 0 radical (unpaired) electrons. The fourth-order valence-corrected chi connectivity index (χ4v) is 2.69. The first-order valence-corrected chi connectivity index (χ1v) is 5.96. The standard InChI is InChI=1S/C12H20O2/c13-12-4-2-1-3-11(12)9-10-5-7-14-8-6-10/h10-11H,1-9H2. The monoisotopic (exact) mass is 196 g/mol. The van der Waals surface area contributed by atoms with Gasteiger partial charge in [-0.2, -0.15) is 0 Å². The average molecular weight is 196 g/mol. The van der Waals surface area contributed by atoms with Crippen molar-refractivity contribution in [3.63, 3.8) is 0 Å². The van der Waals surface area contributed by atoms with Gasteiger partial charge in [-0.05, 0) is 38.0 Å². The zero-order valence-electron chi connectivity index (χ0n) is 8.84. The molecule has 2 heteroatoms. The number of carbonyl (C=O) groups excluding carboxylic acids is 1. The zero-order chi connectivity index (χ0) is 9.80. The molecule has 0 bridgehead atoms. The number of rotatable bonds is 2. The second-order valence-electron chi connectivity index (χ2n) is 4.70. The molecule has 0 spiro atoms. The van der Waals surface area contributed by atoms with Gasteiger partial charge < -0.3 is 4.74 Å². The molecule has 2 nitrogen and oxygen atoms in total. The van der Waals surface area contributed by atoms with Crippen LogP contribution >= 0.6 is 0 Å². The molecule has 1 unspecified atom stereocenters. The van der Waals surface area contributed by atoms with Crippen LogP contribution in [0.4, 0.5) is 0 Å². The van der Waals surface area contributed by atoms with Gasteiger partial charge in [0.2, 0.25) is 0 Å². The van der Waals surface area contributed by atoms with E-state index in [-0.39, 0.29) is 0 Å². The van der Waals surface area contributed by atoms with Crippen molar-refractivity contribution in [3.8, 4) is 0 Å². The first-order chi connectivity index (χ1) is 6.86. The Labute approximate surface area is 86.0 Å². The van der Waals surface area contributed by atoms with Crippen molar-refractivity contribution in [3.05, 3.63) is 0 Å². The Morgan fingerprint density at radius 1 is 1.14 bits per heavy atom. The predicted molar refractivity (Wildman–Crippen MR) is 55.1 cm³/mol. The van der Waals surface area contributed by atoms with Crippen LogP contribution < -0.4 is 0 Å². The number of Topliss-reactive ketones (excluding diaryl/α,β-unsaturated/α-hetero) is 1. The third-order valence-electron chi connectivity index (χ3n) is 3.64. The molecule has 80 valence electrons. The quantitative estimate of drug-likeness (QED) is 0.678. The van der Waals surface area contributed by atoms with Gasteiger partial charge in [0, 0.05) is 25.6 Å². The molecule has 1 saturated carbocycles. The lowest BCUT2D eigenvalue weighted by Gasteiger charge is -2.27. The van der Waals surface area contributed by atoms with Gasteiger partial charge in [-0.1, -0.05) is 6.42 Å². The first kappa shape index (κ1) is 10.2. The number of carbonyl (C=O) groups is 1.